The second kappa shape index (κ2) is 18.4. The number of halogens is 1. The van der Waals surface area contributed by atoms with E-state index < -0.39 is 23.8 Å². The summed E-state index contributed by atoms with van der Waals surface area (Å²) in [5.41, 5.74) is 0.752. The maximum absolute atomic E-state index is 12.5. The number of unbranched alkanes of at least 4 members (excludes halogenated alkanes) is 8. The zero-order chi connectivity index (χ0) is 26.8. The molecule has 10 nitrogen and oxygen atoms in total. The summed E-state index contributed by atoms with van der Waals surface area (Å²) in [6.45, 7) is 4.06. The van der Waals surface area contributed by atoms with Crippen molar-refractivity contribution in [2.45, 2.75) is 84.6 Å². The number of carbonyl (C=O) groups is 2. The van der Waals surface area contributed by atoms with Gasteiger partial charge < -0.3 is 14.4 Å². The van der Waals surface area contributed by atoms with Gasteiger partial charge in [0.05, 0.1) is 4.92 Å². The van der Waals surface area contributed by atoms with Gasteiger partial charge in [0.1, 0.15) is 5.15 Å². The molecule has 1 aromatic rings. The summed E-state index contributed by atoms with van der Waals surface area (Å²) in [6, 6.07) is 3.36. The topological polar surface area (TPSA) is 115 Å². The Morgan fingerprint density at radius 2 is 1.69 bits per heavy atom. The van der Waals surface area contributed by atoms with Gasteiger partial charge in [0.15, 0.2) is 5.82 Å². The minimum atomic E-state index is -0.883. The van der Waals surface area contributed by atoms with Gasteiger partial charge in [-0.3, -0.25) is 19.8 Å². The SMILES string of the molecule is CCCCCCCCCCCC(=O)OCOC(=O)N(C)/C(=C/[N+](=O)[O-])N(CC)Cc1ccc(Cl)nc1. The lowest BCUT2D eigenvalue weighted by atomic mass is 10.1. The average molecular weight is 527 g/mol. The molecular weight excluding hydrogens is 488 g/mol. The first-order chi connectivity index (χ1) is 17.3. The predicted octanol–water partition coefficient (Wildman–Crippen LogP) is 6.12. The van der Waals surface area contributed by atoms with Gasteiger partial charge in [0, 0.05) is 32.8 Å². The van der Waals surface area contributed by atoms with Gasteiger partial charge in [-0.2, -0.15) is 0 Å². The van der Waals surface area contributed by atoms with E-state index in [1.165, 1.54) is 45.6 Å². The Kier molecular flexibility index (Phi) is 15.9. The smallest absolute Gasteiger partial charge is 0.418 e. The second-order valence-corrected chi connectivity index (χ2v) is 8.85. The number of amides is 1. The third-order valence-corrected chi connectivity index (χ3v) is 5.82. The molecule has 0 aliphatic rings. The average Bonchev–Trinajstić information content (AvgIpc) is 2.85. The molecule has 0 saturated carbocycles. The zero-order valence-corrected chi connectivity index (χ0v) is 22.4. The van der Waals surface area contributed by atoms with Crippen LogP contribution >= 0.6 is 11.6 Å². The van der Waals surface area contributed by atoms with Crippen LogP contribution in [0.3, 0.4) is 0 Å². The Morgan fingerprint density at radius 1 is 1.06 bits per heavy atom. The molecule has 0 atom stereocenters. The molecule has 36 heavy (non-hydrogen) atoms. The molecule has 0 radical (unpaired) electrons. The number of nitrogens with zero attached hydrogens (tertiary/aromatic N) is 4. The fraction of sp³-hybridized carbons (Fsp3) is 0.640. The molecule has 0 spiro atoms. The quantitative estimate of drug-likeness (QED) is 0.0560. The van der Waals surface area contributed by atoms with Gasteiger partial charge in [-0.05, 0) is 25.0 Å². The number of ether oxygens (including phenoxy) is 2. The number of pyridine rings is 1. The van der Waals surface area contributed by atoms with Gasteiger partial charge >= 0.3 is 12.1 Å². The highest BCUT2D eigenvalue weighted by molar-refractivity contribution is 6.29. The van der Waals surface area contributed by atoms with E-state index in [-0.39, 0.29) is 18.8 Å². The number of hydrogen-bond donors (Lipinski definition) is 0. The van der Waals surface area contributed by atoms with Crippen molar-refractivity contribution < 1.29 is 24.0 Å². The standard InChI is InChI=1S/C25H39ClN4O6/c1-4-6-7-8-9-10-11-12-13-14-24(31)35-20-36-25(32)28(3)23(19-30(33)34)29(5-2)18-21-15-16-22(26)27-17-21/h15-17,19H,4-14,18,20H2,1-3H3/b23-19-. The summed E-state index contributed by atoms with van der Waals surface area (Å²) >= 11 is 5.81. The monoisotopic (exact) mass is 526 g/mol. The van der Waals surface area contributed by atoms with Crippen molar-refractivity contribution in [3.63, 3.8) is 0 Å². The lowest BCUT2D eigenvalue weighted by Crippen LogP contribution is -2.37. The molecule has 11 heteroatoms. The first kappa shape index (κ1) is 31.2. The Morgan fingerprint density at radius 3 is 2.25 bits per heavy atom. The summed E-state index contributed by atoms with van der Waals surface area (Å²) in [7, 11) is 1.35. The van der Waals surface area contributed by atoms with E-state index in [4.69, 9.17) is 21.1 Å². The summed E-state index contributed by atoms with van der Waals surface area (Å²) < 4.78 is 10.0. The number of nitro groups is 1. The van der Waals surface area contributed by atoms with Crippen LogP contribution in [0.4, 0.5) is 4.79 Å². The van der Waals surface area contributed by atoms with Crippen LogP contribution in [0.25, 0.3) is 0 Å². The number of carbonyl (C=O) groups excluding carboxylic acids is 2. The lowest BCUT2D eigenvalue weighted by Gasteiger charge is -2.29. The number of rotatable bonds is 18. The summed E-state index contributed by atoms with van der Waals surface area (Å²) in [5, 5.41) is 11.5. The molecule has 0 aliphatic carbocycles. The Labute approximate surface area is 218 Å². The molecule has 0 unspecified atom stereocenters. The van der Waals surface area contributed by atoms with Crippen molar-refractivity contribution in [3.8, 4) is 0 Å². The van der Waals surface area contributed by atoms with Crippen LogP contribution in [-0.2, 0) is 20.8 Å². The van der Waals surface area contributed by atoms with E-state index in [0.29, 0.717) is 11.7 Å². The van der Waals surface area contributed by atoms with E-state index in [0.717, 1.165) is 35.9 Å². The normalized spacial score (nSPS) is 11.2. The van der Waals surface area contributed by atoms with E-state index in [2.05, 4.69) is 11.9 Å². The second-order valence-electron chi connectivity index (χ2n) is 8.46. The van der Waals surface area contributed by atoms with Crippen LogP contribution < -0.4 is 0 Å². The molecule has 0 aliphatic heterocycles. The predicted molar refractivity (Wildman–Crippen MR) is 137 cm³/mol. The van der Waals surface area contributed by atoms with Gasteiger partial charge in [-0.1, -0.05) is 76.0 Å². The summed E-state index contributed by atoms with van der Waals surface area (Å²) in [4.78, 5) is 41.6. The first-order valence-corrected chi connectivity index (χ1v) is 12.9. The van der Waals surface area contributed by atoms with Crippen molar-refractivity contribution in [1.29, 1.82) is 0 Å². The number of esters is 1. The molecule has 0 fully saturated rings. The van der Waals surface area contributed by atoms with Crippen molar-refractivity contribution in [2.24, 2.45) is 0 Å². The van der Waals surface area contributed by atoms with E-state index >= 15 is 0 Å². The molecule has 0 aromatic carbocycles. The fourth-order valence-electron chi connectivity index (χ4n) is 3.54. The lowest BCUT2D eigenvalue weighted by molar-refractivity contribution is -0.405. The van der Waals surface area contributed by atoms with Gasteiger partial charge in [-0.15, -0.1) is 0 Å². The minimum Gasteiger partial charge on any atom is -0.428 e. The van der Waals surface area contributed by atoms with E-state index in [1.54, 1.807) is 30.2 Å². The third kappa shape index (κ3) is 13.3. The minimum absolute atomic E-state index is 0.0171. The van der Waals surface area contributed by atoms with Crippen LogP contribution in [0.1, 0.15) is 83.6 Å². The largest absolute Gasteiger partial charge is 0.428 e. The molecule has 202 valence electrons. The molecule has 1 rings (SSSR count). The van der Waals surface area contributed by atoms with Crippen molar-refractivity contribution in [1.82, 2.24) is 14.8 Å². The van der Waals surface area contributed by atoms with Crippen molar-refractivity contribution in [2.75, 3.05) is 20.4 Å². The highest BCUT2D eigenvalue weighted by atomic mass is 35.5. The Bertz CT molecular complexity index is 834. The number of aromatic nitrogens is 1. The maximum Gasteiger partial charge on any atom is 0.418 e. The van der Waals surface area contributed by atoms with Crippen LogP contribution in [0.5, 0.6) is 0 Å². The highest BCUT2D eigenvalue weighted by Crippen LogP contribution is 2.16. The van der Waals surface area contributed by atoms with Gasteiger partial charge in [0.2, 0.25) is 6.79 Å². The molecule has 1 aromatic heterocycles. The number of hydrogen-bond acceptors (Lipinski definition) is 8. The van der Waals surface area contributed by atoms with E-state index in [9.17, 15) is 19.7 Å². The highest BCUT2D eigenvalue weighted by Gasteiger charge is 2.24. The molecule has 0 N–H and O–H groups in total. The molecule has 1 heterocycles. The van der Waals surface area contributed by atoms with Crippen LogP contribution in [-0.4, -0.2) is 52.2 Å². The Hall–Kier alpha value is -2.88. The van der Waals surface area contributed by atoms with Gasteiger partial charge in [0.25, 0.3) is 6.20 Å². The molecule has 1 amide bonds. The van der Waals surface area contributed by atoms with Crippen LogP contribution in [0.2, 0.25) is 5.15 Å². The first-order valence-electron chi connectivity index (χ1n) is 12.5. The van der Waals surface area contributed by atoms with Crippen molar-refractivity contribution in [3.05, 3.63) is 51.2 Å². The Balaban J connectivity index is 2.45. The maximum atomic E-state index is 12.5. The van der Waals surface area contributed by atoms with E-state index in [1.807, 2.05) is 0 Å². The third-order valence-electron chi connectivity index (χ3n) is 5.59. The molecule has 0 saturated heterocycles. The zero-order valence-electron chi connectivity index (χ0n) is 21.6. The van der Waals surface area contributed by atoms with Crippen LogP contribution in [0, 0.1) is 10.1 Å². The molecular formula is C25H39ClN4O6. The fourth-order valence-corrected chi connectivity index (χ4v) is 3.65. The summed E-state index contributed by atoms with van der Waals surface area (Å²) in [6.07, 6.45) is 11.9. The summed E-state index contributed by atoms with van der Waals surface area (Å²) in [5.74, 6) is -0.427. The molecule has 0 bridgehead atoms. The van der Waals surface area contributed by atoms with Crippen molar-refractivity contribution >= 4 is 23.7 Å². The van der Waals surface area contributed by atoms with Crippen LogP contribution in [0.15, 0.2) is 30.4 Å². The van der Waals surface area contributed by atoms with Gasteiger partial charge in [-0.25, -0.2) is 9.78 Å².